The van der Waals surface area contributed by atoms with E-state index in [2.05, 4.69) is 15.9 Å². The Hall–Kier alpha value is -2.23. The van der Waals surface area contributed by atoms with E-state index in [0.717, 1.165) is 4.57 Å². The van der Waals surface area contributed by atoms with E-state index >= 15 is 0 Å². The summed E-state index contributed by atoms with van der Waals surface area (Å²) in [4.78, 5) is 40.5. The smallest absolute Gasteiger partial charge is 0.333 e. The number of nitrogens with zero attached hydrogens (tertiary/aromatic N) is 2. The van der Waals surface area contributed by atoms with Crippen LogP contribution in [0.15, 0.2) is 43.7 Å². The highest BCUT2D eigenvalue weighted by Gasteiger charge is 2.38. The van der Waals surface area contributed by atoms with Crippen molar-refractivity contribution in [2.24, 2.45) is 0 Å². The molecule has 1 unspecified atom stereocenters. The second kappa shape index (κ2) is 10.6. The van der Waals surface area contributed by atoms with Gasteiger partial charge in [-0.3, -0.25) is 9.36 Å². The van der Waals surface area contributed by atoms with Gasteiger partial charge in [0, 0.05) is 0 Å². The molecule has 34 heavy (non-hydrogen) atoms. The molecular formula is C25H33BrN2O5S. The number of thiophene rings is 1. The Morgan fingerprint density at radius 2 is 1.68 bits per heavy atom. The summed E-state index contributed by atoms with van der Waals surface area (Å²) >= 11 is 4.70. The van der Waals surface area contributed by atoms with Gasteiger partial charge in [0.1, 0.15) is 16.0 Å². The third-order valence-electron chi connectivity index (χ3n) is 5.15. The molecule has 3 rings (SSSR count). The molecular weight excluding hydrogens is 520 g/mol. The molecule has 2 aromatic heterocycles. The lowest BCUT2D eigenvalue weighted by Gasteiger charge is -2.30. The summed E-state index contributed by atoms with van der Waals surface area (Å²) in [5.41, 5.74) is -2.27. The van der Waals surface area contributed by atoms with Gasteiger partial charge in [-0.15, -0.1) is 11.3 Å². The number of aryl methyl sites for hydroxylation is 1. The maximum atomic E-state index is 13.6. The van der Waals surface area contributed by atoms with E-state index in [0.29, 0.717) is 25.1 Å². The number of fused-ring (bicyclic) bond motifs is 1. The van der Waals surface area contributed by atoms with Crippen molar-refractivity contribution >= 4 is 43.5 Å². The molecule has 1 atom stereocenters. The number of halogens is 1. The number of aliphatic hydroxyl groups is 1. The summed E-state index contributed by atoms with van der Waals surface area (Å²) in [6.45, 7) is 13.9. The minimum atomic E-state index is -1.56. The first-order valence-corrected chi connectivity index (χ1v) is 12.8. The average molecular weight is 554 g/mol. The topological polar surface area (TPSA) is 90.5 Å². The molecule has 2 heterocycles. The third-order valence-corrected chi connectivity index (χ3v) is 7.34. The van der Waals surface area contributed by atoms with Gasteiger partial charge in [0.15, 0.2) is 0 Å². The minimum absolute atomic E-state index is 0.0730. The highest BCUT2D eigenvalue weighted by molar-refractivity contribution is 9.11. The van der Waals surface area contributed by atoms with Crippen LogP contribution < -0.4 is 11.2 Å². The van der Waals surface area contributed by atoms with Crippen LogP contribution in [0.4, 0.5) is 0 Å². The van der Waals surface area contributed by atoms with Gasteiger partial charge in [0.05, 0.1) is 21.8 Å². The van der Waals surface area contributed by atoms with Crippen molar-refractivity contribution in [3.05, 3.63) is 66.1 Å². The number of esters is 1. The SMILES string of the molecule is CC.Cc1c(Br)sc2c1c(=O)n(C(C)(C)C(=O)OC(C)(C)C)c(=O)n2CC(O)c1ccccc1. The molecule has 0 bridgehead atoms. The molecule has 0 radical (unpaired) electrons. The van der Waals surface area contributed by atoms with Crippen molar-refractivity contribution in [2.45, 2.75) is 79.2 Å². The van der Waals surface area contributed by atoms with Crippen LogP contribution in [0.25, 0.3) is 10.2 Å². The number of aromatic nitrogens is 2. The third kappa shape index (κ3) is 5.53. The lowest BCUT2D eigenvalue weighted by Crippen LogP contribution is -2.54. The van der Waals surface area contributed by atoms with E-state index in [1.807, 2.05) is 19.9 Å². The molecule has 9 heteroatoms. The summed E-state index contributed by atoms with van der Waals surface area (Å²) in [6.07, 6.45) is -0.978. The van der Waals surface area contributed by atoms with Gasteiger partial charge in [0.25, 0.3) is 5.56 Å². The molecule has 3 aromatic rings. The minimum Gasteiger partial charge on any atom is -0.458 e. The maximum Gasteiger partial charge on any atom is 0.333 e. The summed E-state index contributed by atoms with van der Waals surface area (Å²) in [7, 11) is 0. The number of aliphatic hydroxyl groups excluding tert-OH is 1. The largest absolute Gasteiger partial charge is 0.458 e. The van der Waals surface area contributed by atoms with Crippen LogP contribution in [0.5, 0.6) is 0 Å². The Morgan fingerprint density at radius 1 is 1.12 bits per heavy atom. The Balaban J connectivity index is 0.00000199. The number of benzene rings is 1. The van der Waals surface area contributed by atoms with Crippen LogP contribution in [-0.2, 0) is 21.6 Å². The van der Waals surface area contributed by atoms with Gasteiger partial charge in [-0.25, -0.2) is 14.2 Å². The first-order chi connectivity index (χ1) is 15.8. The molecule has 1 aromatic carbocycles. The van der Waals surface area contributed by atoms with E-state index in [-0.39, 0.29) is 6.54 Å². The van der Waals surface area contributed by atoms with Crippen LogP contribution in [0.1, 0.15) is 65.7 Å². The van der Waals surface area contributed by atoms with Gasteiger partial charge < -0.3 is 9.84 Å². The molecule has 0 aliphatic rings. The first-order valence-electron chi connectivity index (χ1n) is 11.2. The summed E-state index contributed by atoms with van der Waals surface area (Å²) in [5, 5.41) is 11.1. The number of ether oxygens (including phenoxy) is 1. The van der Waals surface area contributed by atoms with Crippen molar-refractivity contribution in [1.29, 1.82) is 0 Å². The van der Waals surface area contributed by atoms with E-state index in [1.54, 1.807) is 52.0 Å². The Kier molecular flexibility index (Phi) is 8.72. The lowest BCUT2D eigenvalue weighted by atomic mass is 10.0. The van der Waals surface area contributed by atoms with Gasteiger partial charge in [-0.05, 0) is 68.6 Å². The fraction of sp³-hybridized carbons (Fsp3) is 0.480. The number of rotatable bonds is 5. The van der Waals surface area contributed by atoms with Crippen molar-refractivity contribution in [3.63, 3.8) is 0 Å². The maximum absolute atomic E-state index is 13.6. The molecule has 186 valence electrons. The van der Waals surface area contributed by atoms with E-state index in [4.69, 9.17) is 4.74 Å². The normalized spacial score (nSPS) is 12.8. The lowest BCUT2D eigenvalue weighted by molar-refractivity contribution is -0.164. The van der Waals surface area contributed by atoms with Crippen LogP contribution in [0, 0.1) is 6.92 Å². The van der Waals surface area contributed by atoms with Gasteiger partial charge in [0.2, 0.25) is 0 Å². The summed E-state index contributed by atoms with van der Waals surface area (Å²) < 4.78 is 8.51. The molecule has 0 amide bonds. The van der Waals surface area contributed by atoms with Gasteiger partial charge in [-0.2, -0.15) is 0 Å². The summed E-state index contributed by atoms with van der Waals surface area (Å²) in [6, 6.07) is 8.97. The molecule has 7 nitrogen and oxygen atoms in total. The predicted molar refractivity (Wildman–Crippen MR) is 141 cm³/mol. The van der Waals surface area contributed by atoms with Crippen molar-refractivity contribution in [2.75, 3.05) is 0 Å². The zero-order chi connectivity index (χ0) is 26.0. The number of carbonyl (C=O) groups is 1. The Bertz CT molecular complexity index is 1280. The molecule has 0 spiro atoms. The number of hydrogen-bond donors (Lipinski definition) is 1. The monoisotopic (exact) mass is 552 g/mol. The zero-order valence-electron chi connectivity index (χ0n) is 20.9. The van der Waals surface area contributed by atoms with Crippen molar-refractivity contribution in [3.8, 4) is 0 Å². The second-order valence-corrected chi connectivity index (χ2v) is 11.5. The zero-order valence-corrected chi connectivity index (χ0v) is 23.3. The van der Waals surface area contributed by atoms with Crippen molar-refractivity contribution in [1.82, 2.24) is 9.13 Å². The Labute approximate surface area is 212 Å². The molecule has 1 N–H and O–H groups in total. The predicted octanol–water partition coefficient (Wildman–Crippen LogP) is 5.13. The number of hydrogen-bond acceptors (Lipinski definition) is 6. The fourth-order valence-electron chi connectivity index (χ4n) is 3.42. The molecule has 0 saturated carbocycles. The molecule has 0 fully saturated rings. The molecule has 0 saturated heterocycles. The van der Waals surface area contributed by atoms with Crippen LogP contribution in [0.2, 0.25) is 0 Å². The molecule has 0 aliphatic heterocycles. The van der Waals surface area contributed by atoms with Crippen LogP contribution in [-0.4, -0.2) is 25.8 Å². The average Bonchev–Trinajstić information content (AvgIpc) is 3.06. The highest BCUT2D eigenvalue weighted by Crippen LogP contribution is 2.33. The number of carbonyl (C=O) groups excluding carboxylic acids is 1. The van der Waals surface area contributed by atoms with E-state index in [9.17, 15) is 19.5 Å². The second-order valence-electron chi connectivity index (χ2n) is 9.20. The standard InChI is InChI=1S/C23H27BrN2O5S.C2H6/c1-13-16-18(28)26(23(5,6)20(29)31-22(2,3)4)21(30)25(19(16)32-17(13)24)12-15(27)14-10-8-7-9-11-14;1-2/h7-11,15,27H,12H2,1-6H3;1-2H3. The van der Waals surface area contributed by atoms with E-state index in [1.165, 1.54) is 29.8 Å². The fourth-order valence-corrected chi connectivity index (χ4v) is 5.11. The van der Waals surface area contributed by atoms with Gasteiger partial charge >= 0.3 is 11.7 Å². The quantitative estimate of drug-likeness (QED) is 0.443. The van der Waals surface area contributed by atoms with Crippen molar-refractivity contribution < 1.29 is 14.6 Å². The van der Waals surface area contributed by atoms with Crippen LogP contribution >= 0.6 is 27.3 Å². The van der Waals surface area contributed by atoms with Gasteiger partial charge in [-0.1, -0.05) is 44.2 Å². The Morgan fingerprint density at radius 3 is 2.21 bits per heavy atom. The highest BCUT2D eigenvalue weighted by atomic mass is 79.9. The van der Waals surface area contributed by atoms with Crippen LogP contribution in [0.3, 0.4) is 0 Å². The summed E-state index contributed by atoms with van der Waals surface area (Å²) in [5.74, 6) is -0.689. The first kappa shape index (κ1) is 28.0. The molecule has 0 aliphatic carbocycles. The van der Waals surface area contributed by atoms with E-state index < -0.39 is 34.5 Å².